The van der Waals surface area contributed by atoms with E-state index in [4.69, 9.17) is 0 Å². The quantitative estimate of drug-likeness (QED) is 0.798. The highest BCUT2D eigenvalue weighted by molar-refractivity contribution is 5.78. The second-order valence-corrected chi connectivity index (χ2v) is 5.89. The van der Waals surface area contributed by atoms with Crippen molar-refractivity contribution < 1.29 is 4.79 Å². The van der Waals surface area contributed by atoms with Gasteiger partial charge in [0.25, 0.3) is 5.56 Å². The summed E-state index contributed by atoms with van der Waals surface area (Å²) < 4.78 is 0. The van der Waals surface area contributed by atoms with Crippen molar-refractivity contribution >= 4 is 16.8 Å². The molecule has 0 unspecified atom stereocenters. The summed E-state index contributed by atoms with van der Waals surface area (Å²) in [6, 6.07) is 11.1. The molecule has 6 nitrogen and oxygen atoms in total. The van der Waals surface area contributed by atoms with Gasteiger partial charge in [-0.2, -0.15) is 0 Å². The number of amides is 1. The predicted molar refractivity (Wildman–Crippen MR) is 89.2 cm³/mol. The van der Waals surface area contributed by atoms with Gasteiger partial charge in [-0.3, -0.25) is 14.6 Å². The lowest BCUT2D eigenvalue weighted by molar-refractivity contribution is -0.131. The molecule has 1 aromatic carbocycles. The maximum atomic E-state index is 12.4. The summed E-state index contributed by atoms with van der Waals surface area (Å²) in [5, 5.41) is 0.564. The van der Waals surface area contributed by atoms with Crippen LogP contribution in [0.2, 0.25) is 0 Å². The maximum Gasteiger partial charge on any atom is 0.258 e. The molecule has 0 radical (unpaired) electrons. The normalized spacial score (nSPS) is 13.2. The molecule has 1 aliphatic rings. The van der Waals surface area contributed by atoms with E-state index in [1.54, 1.807) is 23.2 Å². The Bertz CT molecular complexity index is 955. The number of benzene rings is 1. The van der Waals surface area contributed by atoms with Crippen molar-refractivity contribution in [3.8, 4) is 0 Å². The fourth-order valence-corrected chi connectivity index (χ4v) is 3.01. The first-order valence-corrected chi connectivity index (χ1v) is 7.89. The number of nitrogens with zero attached hydrogens (tertiary/aromatic N) is 3. The first-order valence-electron chi connectivity index (χ1n) is 7.89. The number of H-pyrrole nitrogens is 1. The number of aromatic amines is 1. The molecule has 2 aromatic heterocycles. The van der Waals surface area contributed by atoms with Gasteiger partial charge in [0, 0.05) is 25.6 Å². The third-order valence-electron chi connectivity index (χ3n) is 4.28. The average molecular weight is 320 g/mol. The van der Waals surface area contributed by atoms with Gasteiger partial charge < -0.3 is 9.88 Å². The van der Waals surface area contributed by atoms with Crippen LogP contribution in [0, 0.1) is 0 Å². The third kappa shape index (κ3) is 2.67. The molecule has 0 aliphatic carbocycles. The number of carbonyl (C=O) groups is 1. The van der Waals surface area contributed by atoms with E-state index in [-0.39, 0.29) is 11.5 Å². The Morgan fingerprint density at radius 1 is 1.17 bits per heavy atom. The third-order valence-corrected chi connectivity index (χ3v) is 4.28. The summed E-state index contributed by atoms with van der Waals surface area (Å²) >= 11 is 0. The van der Waals surface area contributed by atoms with Crippen molar-refractivity contribution in [2.75, 3.05) is 0 Å². The largest absolute Gasteiger partial charge is 0.332 e. The molecule has 24 heavy (non-hydrogen) atoms. The van der Waals surface area contributed by atoms with E-state index in [1.807, 2.05) is 24.3 Å². The molecule has 120 valence electrons. The van der Waals surface area contributed by atoms with E-state index in [9.17, 15) is 9.59 Å². The van der Waals surface area contributed by atoms with Crippen LogP contribution in [-0.2, 0) is 24.3 Å². The molecule has 0 spiro atoms. The van der Waals surface area contributed by atoms with E-state index in [1.165, 1.54) is 0 Å². The van der Waals surface area contributed by atoms with Crippen molar-refractivity contribution in [1.29, 1.82) is 0 Å². The number of aromatic nitrogens is 3. The van der Waals surface area contributed by atoms with E-state index in [2.05, 4.69) is 15.0 Å². The number of hydrogen-bond donors (Lipinski definition) is 1. The average Bonchev–Trinajstić information content (AvgIpc) is 3.04. The Hall–Kier alpha value is -3.02. The van der Waals surface area contributed by atoms with Gasteiger partial charge in [0.05, 0.1) is 23.1 Å². The lowest BCUT2D eigenvalue weighted by Gasteiger charge is -2.14. The Kier molecular flexibility index (Phi) is 3.57. The van der Waals surface area contributed by atoms with Crippen LogP contribution in [-0.4, -0.2) is 25.8 Å². The van der Waals surface area contributed by atoms with Crippen molar-refractivity contribution in [3.05, 3.63) is 70.0 Å². The number of pyridine rings is 1. The van der Waals surface area contributed by atoms with Crippen LogP contribution in [0.3, 0.4) is 0 Å². The molecule has 6 heteroatoms. The molecule has 1 amide bonds. The molecule has 3 heterocycles. The van der Waals surface area contributed by atoms with E-state index in [0.717, 1.165) is 11.3 Å². The van der Waals surface area contributed by atoms with Crippen LogP contribution in [0.25, 0.3) is 10.9 Å². The van der Waals surface area contributed by atoms with E-state index < -0.39 is 0 Å². The molecule has 1 aliphatic heterocycles. The predicted octanol–water partition coefficient (Wildman–Crippen LogP) is 1.79. The van der Waals surface area contributed by atoms with Crippen LogP contribution in [0.1, 0.15) is 23.5 Å². The second kappa shape index (κ2) is 5.88. The van der Waals surface area contributed by atoms with E-state index in [0.29, 0.717) is 42.7 Å². The summed E-state index contributed by atoms with van der Waals surface area (Å²) in [4.78, 5) is 37.8. The molecule has 3 aromatic rings. The molecule has 0 fully saturated rings. The Morgan fingerprint density at radius 2 is 2.04 bits per heavy atom. The molecule has 4 rings (SSSR count). The highest BCUT2D eigenvalue weighted by atomic mass is 16.2. The lowest BCUT2D eigenvalue weighted by Crippen LogP contribution is -2.26. The van der Waals surface area contributed by atoms with Crippen molar-refractivity contribution in [2.45, 2.75) is 25.9 Å². The van der Waals surface area contributed by atoms with Gasteiger partial charge in [-0.05, 0) is 23.8 Å². The Balaban J connectivity index is 1.46. The molecule has 0 atom stereocenters. The van der Waals surface area contributed by atoms with Gasteiger partial charge in [0.2, 0.25) is 5.91 Å². The van der Waals surface area contributed by atoms with Crippen LogP contribution >= 0.6 is 0 Å². The summed E-state index contributed by atoms with van der Waals surface area (Å²) in [7, 11) is 0. The number of nitrogens with one attached hydrogen (secondary N) is 1. The molecule has 0 bridgehead atoms. The maximum absolute atomic E-state index is 12.4. The van der Waals surface area contributed by atoms with Crippen LogP contribution in [0.5, 0.6) is 0 Å². The van der Waals surface area contributed by atoms with Gasteiger partial charge >= 0.3 is 0 Å². The second-order valence-electron chi connectivity index (χ2n) is 5.89. The highest BCUT2D eigenvalue weighted by Gasteiger charge is 2.23. The fourth-order valence-electron chi connectivity index (χ4n) is 3.01. The Labute approximate surface area is 138 Å². The minimum Gasteiger partial charge on any atom is -0.332 e. The summed E-state index contributed by atoms with van der Waals surface area (Å²) in [6.45, 7) is 1.15. The number of carbonyl (C=O) groups excluding carboxylic acids is 1. The number of hydrogen-bond acceptors (Lipinski definition) is 4. The number of fused-ring (bicyclic) bond motifs is 2. The monoisotopic (exact) mass is 320 g/mol. The SMILES string of the molecule is O=C(CCc1nc2ccccc2c(=O)[nH]1)N1Cc2cccnc2C1. The zero-order valence-electron chi connectivity index (χ0n) is 13.0. The fraction of sp³-hybridized carbons (Fsp3) is 0.222. The zero-order chi connectivity index (χ0) is 16.5. The zero-order valence-corrected chi connectivity index (χ0v) is 13.0. The summed E-state index contributed by atoms with van der Waals surface area (Å²) in [5.74, 6) is 0.589. The Morgan fingerprint density at radius 3 is 2.92 bits per heavy atom. The molecular weight excluding hydrogens is 304 g/mol. The van der Waals surface area contributed by atoms with Gasteiger partial charge in [-0.15, -0.1) is 0 Å². The molecular formula is C18H16N4O2. The topological polar surface area (TPSA) is 79.0 Å². The smallest absolute Gasteiger partial charge is 0.258 e. The number of aryl methyl sites for hydroxylation is 1. The first-order chi connectivity index (χ1) is 11.7. The van der Waals surface area contributed by atoms with Crippen molar-refractivity contribution in [2.24, 2.45) is 0 Å². The highest BCUT2D eigenvalue weighted by Crippen LogP contribution is 2.21. The standard InChI is InChI=1S/C18H16N4O2/c23-17(22-10-12-4-3-9-19-15(12)11-22)8-7-16-20-14-6-2-1-5-13(14)18(24)21-16/h1-6,9H,7-8,10-11H2,(H,20,21,24). The summed E-state index contributed by atoms with van der Waals surface area (Å²) in [5.41, 5.74) is 2.55. The summed E-state index contributed by atoms with van der Waals surface area (Å²) in [6.07, 6.45) is 2.48. The van der Waals surface area contributed by atoms with Crippen molar-refractivity contribution in [1.82, 2.24) is 19.9 Å². The van der Waals surface area contributed by atoms with Crippen LogP contribution in [0.15, 0.2) is 47.4 Å². The first kappa shape index (κ1) is 14.6. The molecule has 1 N–H and O–H groups in total. The molecule has 0 saturated heterocycles. The number of rotatable bonds is 3. The molecule has 0 saturated carbocycles. The van der Waals surface area contributed by atoms with Crippen LogP contribution in [0.4, 0.5) is 0 Å². The lowest BCUT2D eigenvalue weighted by atomic mass is 10.2. The van der Waals surface area contributed by atoms with Gasteiger partial charge in [0.1, 0.15) is 5.82 Å². The van der Waals surface area contributed by atoms with Crippen molar-refractivity contribution in [3.63, 3.8) is 0 Å². The van der Waals surface area contributed by atoms with Crippen LogP contribution < -0.4 is 5.56 Å². The van der Waals surface area contributed by atoms with Gasteiger partial charge in [0.15, 0.2) is 0 Å². The minimum atomic E-state index is -0.166. The van der Waals surface area contributed by atoms with Gasteiger partial charge in [-0.25, -0.2) is 4.98 Å². The van der Waals surface area contributed by atoms with Gasteiger partial charge in [-0.1, -0.05) is 18.2 Å². The van der Waals surface area contributed by atoms with E-state index >= 15 is 0 Å². The number of para-hydroxylation sites is 1. The minimum absolute atomic E-state index is 0.0452.